The number of nitrogens with one attached hydrogen (secondary N) is 3. The number of aromatic nitrogens is 3. The van der Waals surface area contributed by atoms with Crippen molar-refractivity contribution in [2.45, 2.75) is 138 Å². The topological polar surface area (TPSA) is 182 Å². The Morgan fingerprint density at radius 2 is 0.818 bits per heavy atom. The van der Waals surface area contributed by atoms with Gasteiger partial charge in [0.15, 0.2) is 4.79 Å². The van der Waals surface area contributed by atoms with Gasteiger partial charge in [0.25, 0.3) is 0 Å². The van der Waals surface area contributed by atoms with Crippen LogP contribution in [0.4, 0.5) is 17.8 Å². The Balaban J connectivity index is 4.38. The summed E-state index contributed by atoms with van der Waals surface area (Å²) in [5.74, 6) is 0.889. The van der Waals surface area contributed by atoms with Gasteiger partial charge in [0.1, 0.15) is 0 Å². The van der Waals surface area contributed by atoms with Gasteiger partial charge in [0.2, 0.25) is 17.8 Å². The molecule has 0 saturated carbocycles. The molecule has 0 amide bonds. The number of hydrogen-bond acceptors (Lipinski definition) is 14. The maximum atomic E-state index is 6.92. The van der Waals surface area contributed by atoms with E-state index in [-0.39, 0.29) is 42.6 Å². The van der Waals surface area contributed by atoms with E-state index in [1.54, 1.807) is 0 Å². The minimum Gasteiger partial charge on any atom is -0.370 e. The molecule has 0 fully saturated rings. The lowest BCUT2D eigenvalue weighted by atomic mass is 10.4. The number of nitrogens with zero attached hydrogens (tertiary/aromatic N) is 3. The molecule has 16 heteroatoms. The normalized spacial score (nSPS) is 13.3. The number of nitrogens with two attached hydrogens (primary N) is 2. The van der Waals surface area contributed by atoms with Crippen LogP contribution in [0.5, 0.6) is 0 Å². The summed E-state index contributed by atoms with van der Waals surface area (Å²) in [6, 6.07) is 0. The molecule has 0 aliphatic heterocycles. The van der Waals surface area contributed by atoms with Gasteiger partial charge in [-0.15, -0.1) is 0 Å². The van der Waals surface area contributed by atoms with Crippen LogP contribution in [0.2, 0.25) is 0 Å². The van der Waals surface area contributed by atoms with Crippen molar-refractivity contribution in [2.75, 3.05) is 42.1 Å². The molecule has 0 aromatic carbocycles. The third kappa shape index (κ3) is 11.4. The molecule has 0 aliphatic rings. The molecule has 1 heterocycles. The molecule has 14 nitrogen and oxygen atoms in total. The van der Waals surface area contributed by atoms with E-state index in [4.69, 9.17) is 48.0 Å². The Morgan fingerprint density at radius 1 is 0.545 bits per heavy atom. The first-order chi connectivity index (χ1) is 20.5. The highest BCUT2D eigenvalue weighted by Crippen LogP contribution is 2.44. The molecule has 0 aliphatic carbocycles. The molecule has 0 saturated heterocycles. The van der Waals surface area contributed by atoms with Crippen LogP contribution >= 0.6 is 0 Å². The maximum Gasteiger partial charge on any atom is 0.533 e. The number of anilines is 3. The van der Waals surface area contributed by atoms with Crippen molar-refractivity contribution in [3.63, 3.8) is 0 Å². The molecule has 0 radical (unpaired) electrons. The highest BCUT2D eigenvalue weighted by Gasteiger charge is 2.79. The van der Waals surface area contributed by atoms with E-state index < -0.39 is 22.4 Å². The summed E-state index contributed by atoms with van der Waals surface area (Å²) < 4.78 is 41.5. The fourth-order valence-corrected chi connectivity index (χ4v) is 13.9. The van der Waals surface area contributed by atoms with E-state index in [9.17, 15) is 0 Å². The van der Waals surface area contributed by atoms with Crippen LogP contribution in [-0.2, 0) is 26.6 Å². The van der Waals surface area contributed by atoms with E-state index >= 15 is 0 Å². The standard InChI is InChI=1S/C28H62N8O6Si2/c1-14-28(43(37-19(2)3,38-20(4)5)39-21(6)7,44(40-22(8)9,41-23(10)11)42-24(12)13)36-27-34-25(31-17-15-29)33-26(35-27)32-18-16-30/h19-24H,14-18,29-30H2,1-13H3,(H3,31,32,33,34,35,36). The van der Waals surface area contributed by atoms with Crippen LogP contribution in [0.25, 0.3) is 0 Å². The SMILES string of the molecule is CCC(Nc1nc(NCCN)nc(NCCN)n1)([Si](OC(C)C)(OC(C)C)OC(C)C)[Si](OC(C)C)(OC(C)C)OC(C)C. The van der Waals surface area contributed by atoms with Crippen molar-refractivity contribution in [1.82, 2.24) is 15.0 Å². The molecule has 1 aromatic rings. The van der Waals surface area contributed by atoms with Crippen molar-refractivity contribution >= 4 is 35.5 Å². The second-order valence-electron chi connectivity index (χ2n) is 12.2. The minimum absolute atomic E-state index is 0.230. The first kappa shape index (κ1) is 40.5. The van der Waals surface area contributed by atoms with Crippen LogP contribution in [0.1, 0.15) is 96.4 Å². The van der Waals surface area contributed by atoms with Crippen molar-refractivity contribution in [2.24, 2.45) is 11.5 Å². The second kappa shape index (κ2) is 18.6. The molecule has 0 bridgehead atoms. The zero-order chi connectivity index (χ0) is 33.7. The Hall–Kier alpha value is -1.48. The molecular formula is C28H62N8O6Si2. The quantitative estimate of drug-likeness (QED) is 0.107. The summed E-state index contributed by atoms with van der Waals surface area (Å²) in [6.07, 6.45) is -1.31. The van der Waals surface area contributed by atoms with E-state index in [2.05, 4.69) is 20.9 Å². The fraction of sp³-hybridized carbons (Fsp3) is 0.893. The Kier molecular flexibility index (Phi) is 17.2. The van der Waals surface area contributed by atoms with E-state index in [0.29, 0.717) is 44.5 Å². The molecule has 0 atom stereocenters. The van der Waals surface area contributed by atoms with Gasteiger partial charge >= 0.3 is 17.6 Å². The van der Waals surface area contributed by atoms with Gasteiger partial charge in [0.05, 0.1) is 0 Å². The van der Waals surface area contributed by atoms with Gasteiger partial charge in [-0.2, -0.15) is 15.0 Å². The van der Waals surface area contributed by atoms with Crippen molar-refractivity contribution in [3.05, 3.63) is 0 Å². The average Bonchev–Trinajstić information content (AvgIpc) is 2.86. The lowest BCUT2D eigenvalue weighted by Gasteiger charge is -2.54. The predicted molar refractivity (Wildman–Crippen MR) is 180 cm³/mol. The molecule has 1 aromatic heterocycles. The zero-order valence-electron chi connectivity index (χ0n) is 29.4. The van der Waals surface area contributed by atoms with E-state index in [0.717, 1.165) is 0 Å². The summed E-state index contributed by atoms with van der Waals surface area (Å²) in [5, 5.41) is 9.98. The summed E-state index contributed by atoms with van der Waals surface area (Å²) in [5.41, 5.74) is 11.6. The Labute approximate surface area is 268 Å². The van der Waals surface area contributed by atoms with Gasteiger partial charge < -0.3 is 54.0 Å². The summed E-state index contributed by atoms with van der Waals surface area (Å²) >= 11 is 0. The first-order valence-corrected chi connectivity index (χ1v) is 19.4. The van der Waals surface area contributed by atoms with Gasteiger partial charge in [-0.3, -0.25) is 0 Å². The third-order valence-electron chi connectivity index (χ3n) is 5.74. The summed E-state index contributed by atoms with van der Waals surface area (Å²) in [4.78, 5) is 12.7. The third-order valence-corrected chi connectivity index (χ3v) is 15.3. The summed E-state index contributed by atoms with van der Waals surface area (Å²) in [6.45, 7) is 27.2. The smallest absolute Gasteiger partial charge is 0.370 e. The van der Waals surface area contributed by atoms with E-state index in [1.165, 1.54) is 0 Å². The predicted octanol–water partition coefficient (Wildman–Crippen LogP) is 3.68. The first-order valence-electron chi connectivity index (χ1n) is 16.0. The van der Waals surface area contributed by atoms with Crippen molar-refractivity contribution < 1.29 is 26.6 Å². The minimum atomic E-state index is -3.97. The van der Waals surface area contributed by atoms with Crippen LogP contribution in [0.3, 0.4) is 0 Å². The zero-order valence-corrected chi connectivity index (χ0v) is 31.4. The Bertz CT molecular complexity index is 841. The number of hydrogen-bond donors (Lipinski definition) is 5. The van der Waals surface area contributed by atoms with Crippen molar-refractivity contribution in [1.29, 1.82) is 0 Å². The van der Waals surface area contributed by atoms with Crippen LogP contribution in [-0.4, -0.2) is 100 Å². The number of rotatable bonds is 23. The second-order valence-corrected chi connectivity index (χ2v) is 18.1. The van der Waals surface area contributed by atoms with Gasteiger partial charge in [0, 0.05) is 62.8 Å². The lowest BCUT2D eigenvalue weighted by molar-refractivity contribution is -0.0425. The molecule has 1 rings (SSSR count). The van der Waals surface area contributed by atoms with Crippen LogP contribution < -0.4 is 27.4 Å². The fourth-order valence-electron chi connectivity index (χ4n) is 4.64. The van der Waals surface area contributed by atoms with Crippen LogP contribution in [0.15, 0.2) is 0 Å². The molecule has 0 unspecified atom stereocenters. The molecular weight excluding hydrogens is 601 g/mol. The molecule has 44 heavy (non-hydrogen) atoms. The van der Waals surface area contributed by atoms with Crippen molar-refractivity contribution in [3.8, 4) is 0 Å². The van der Waals surface area contributed by atoms with E-state index in [1.807, 2.05) is 90.0 Å². The molecule has 7 N–H and O–H groups in total. The highest BCUT2D eigenvalue weighted by molar-refractivity contribution is 6.86. The average molecular weight is 663 g/mol. The van der Waals surface area contributed by atoms with Gasteiger partial charge in [-0.1, -0.05) is 6.92 Å². The summed E-state index contributed by atoms with van der Waals surface area (Å²) in [7, 11) is -7.95. The largest absolute Gasteiger partial charge is 0.533 e. The molecule has 0 spiro atoms. The van der Waals surface area contributed by atoms with Crippen LogP contribution in [0, 0.1) is 0 Å². The Morgan fingerprint density at radius 3 is 1.05 bits per heavy atom. The van der Waals surface area contributed by atoms with Gasteiger partial charge in [-0.05, 0) is 89.5 Å². The molecule has 258 valence electrons. The lowest BCUT2D eigenvalue weighted by Crippen LogP contribution is -2.84. The maximum absolute atomic E-state index is 6.92. The highest BCUT2D eigenvalue weighted by atomic mass is 28.5. The van der Waals surface area contributed by atoms with Gasteiger partial charge in [-0.25, -0.2) is 0 Å². The monoisotopic (exact) mass is 662 g/mol.